The van der Waals surface area contributed by atoms with Gasteiger partial charge in [0.05, 0.1) is 13.7 Å². The lowest BCUT2D eigenvalue weighted by Gasteiger charge is -2.11. The minimum absolute atomic E-state index is 0.0207. The molecule has 1 aromatic rings. The third-order valence-corrected chi connectivity index (χ3v) is 2.57. The van der Waals surface area contributed by atoms with Gasteiger partial charge < -0.3 is 20.5 Å². The van der Waals surface area contributed by atoms with Crippen LogP contribution in [0.2, 0.25) is 0 Å². The van der Waals surface area contributed by atoms with Gasteiger partial charge in [0.1, 0.15) is 11.5 Å². The summed E-state index contributed by atoms with van der Waals surface area (Å²) in [6.07, 6.45) is 1.14. The Balaban J connectivity index is 2.49. The molecular formula is C13H20N2O3. The Hall–Kier alpha value is -1.75. The number of nitrogens with two attached hydrogens (primary N) is 1. The molecule has 5 heteroatoms. The molecule has 5 nitrogen and oxygen atoms in total. The standard InChI is InChI=1S/C13H20N2O3/c1-15-13(16)4-3-7-18-12-6-5-11(17-2)8-10(12)9-14/h5-6,8H,3-4,7,9,14H2,1-2H3,(H,15,16). The fraction of sp³-hybridized carbons (Fsp3) is 0.462. The molecule has 0 radical (unpaired) electrons. The van der Waals surface area contributed by atoms with Crippen LogP contribution >= 0.6 is 0 Å². The second kappa shape index (κ2) is 7.55. The van der Waals surface area contributed by atoms with Crippen LogP contribution in [0.3, 0.4) is 0 Å². The first-order valence-electron chi connectivity index (χ1n) is 5.91. The molecule has 1 amide bonds. The molecule has 0 heterocycles. The van der Waals surface area contributed by atoms with Crippen LogP contribution in [0.25, 0.3) is 0 Å². The highest BCUT2D eigenvalue weighted by atomic mass is 16.5. The number of hydrogen-bond donors (Lipinski definition) is 2. The zero-order valence-electron chi connectivity index (χ0n) is 10.9. The van der Waals surface area contributed by atoms with Gasteiger partial charge in [-0.05, 0) is 24.6 Å². The third kappa shape index (κ3) is 4.25. The fourth-order valence-electron chi connectivity index (χ4n) is 1.52. The zero-order valence-corrected chi connectivity index (χ0v) is 10.9. The maximum Gasteiger partial charge on any atom is 0.219 e. The molecule has 0 unspecified atom stereocenters. The van der Waals surface area contributed by atoms with Crippen LogP contribution < -0.4 is 20.5 Å². The van der Waals surface area contributed by atoms with E-state index in [0.29, 0.717) is 26.0 Å². The van der Waals surface area contributed by atoms with E-state index < -0.39 is 0 Å². The van der Waals surface area contributed by atoms with Crippen molar-refractivity contribution in [2.45, 2.75) is 19.4 Å². The SMILES string of the molecule is CNC(=O)CCCOc1ccc(OC)cc1CN. The van der Waals surface area contributed by atoms with Gasteiger partial charge in [-0.2, -0.15) is 0 Å². The van der Waals surface area contributed by atoms with Crippen LogP contribution in [-0.2, 0) is 11.3 Å². The normalized spacial score (nSPS) is 9.94. The number of rotatable bonds is 7. The summed E-state index contributed by atoms with van der Waals surface area (Å²) in [5.74, 6) is 1.52. The number of carbonyl (C=O) groups excluding carboxylic acids is 1. The van der Waals surface area contributed by atoms with E-state index in [9.17, 15) is 4.79 Å². The van der Waals surface area contributed by atoms with Crippen LogP contribution in [0.15, 0.2) is 18.2 Å². The molecule has 0 aliphatic heterocycles. The lowest BCUT2D eigenvalue weighted by atomic mass is 10.2. The van der Waals surface area contributed by atoms with E-state index in [4.69, 9.17) is 15.2 Å². The Morgan fingerprint density at radius 3 is 2.83 bits per heavy atom. The van der Waals surface area contributed by atoms with Crippen molar-refractivity contribution in [1.82, 2.24) is 5.32 Å². The van der Waals surface area contributed by atoms with Crippen molar-refractivity contribution in [3.8, 4) is 11.5 Å². The van der Waals surface area contributed by atoms with Crippen molar-refractivity contribution in [3.05, 3.63) is 23.8 Å². The summed E-state index contributed by atoms with van der Waals surface area (Å²) < 4.78 is 10.7. The highest BCUT2D eigenvalue weighted by Crippen LogP contribution is 2.23. The predicted octanol–water partition coefficient (Wildman–Crippen LogP) is 1.06. The second-order valence-corrected chi connectivity index (χ2v) is 3.80. The summed E-state index contributed by atoms with van der Waals surface area (Å²) >= 11 is 0. The number of benzene rings is 1. The van der Waals surface area contributed by atoms with Crippen LogP contribution in [0.4, 0.5) is 0 Å². The minimum atomic E-state index is 0.0207. The summed E-state index contributed by atoms with van der Waals surface area (Å²) in [7, 11) is 3.23. The molecular weight excluding hydrogens is 232 g/mol. The first-order valence-corrected chi connectivity index (χ1v) is 5.91. The van der Waals surface area contributed by atoms with Crippen molar-refractivity contribution >= 4 is 5.91 Å². The first kappa shape index (κ1) is 14.3. The second-order valence-electron chi connectivity index (χ2n) is 3.80. The predicted molar refractivity (Wildman–Crippen MR) is 69.7 cm³/mol. The van der Waals surface area contributed by atoms with Crippen molar-refractivity contribution in [1.29, 1.82) is 0 Å². The molecule has 0 aromatic heterocycles. The molecule has 0 saturated carbocycles. The number of nitrogens with one attached hydrogen (secondary N) is 1. The van der Waals surface area contributed by atoms with Crippen LogP contribution in [0.5, 0.6) is 11.5 Å². The Morgan fingerprint density at radius 1 is 1.44 bits per heavy atom. The molecule has 100 valence electrons. The lowest BCUT2D eigenvalue weighted by molar-refractivity contribution is -0.120. The van der Waals surface area contributed by atoms with E-state index in [2.05, 4.69) is 5.32 Å². The fourth-order valence-corrected chi connectivity index (χ4v) is 1.52. The molecule has 0 aliphatic carbocycles. The topological polar surface area (TPSA) is 73.6 Å². The first-order chi connectivity index (χ1) is 8.71. The molecule has 0 fully saturated rings. The molecule has 0 spiro atoms. The third-order valence-electron chi connectivity index (χ3n) is 2.57. The maximum atomic E-state index is 11.0. The Morgan fingerprint density at radius 2 is 2.22 bits per heavy atom. The summed E-state index contributed by atoms with van der Waals surface area (Å²) in [5.41, 5.74) is 6.55. The van der Waals surface area contributed by atoms with Gasteiger partial charge in [0.2, 0.25) is 5.91 Å². The van der Waals surface area contributed by atoms with Crippen LogP contribution in [0.1, 0.15) is 18.4 Å². The van der Waals surface area contributed by atoms with E-state index in [1.807, 2.05) is 18.2 Å². The summed E-state index contributed by atoms with van der Waals surface area (Å²) in [5, 5.41) is 2.57. The van der Waals surface area contributed by atoms with Gasteiger partial charge in [0.15, 0.2) is 0 Å². The van der Waals surface area contributed by atoms with Gasteiger partial charge in [0, 0.05) is 25.6 Å². The Kier molecular flexibility index (Phi) is 6.00. The van der Waals surface area contributed by atoms with Gasteiger partial charge in [-0.25, -0.2) is 0 Å². The van der Waals surface area contributed by atoms with Crippen molar-refractivity contribution in [2.75, 3.05) is 20.8 Å². The smallest absolute Gasteiger partial charge is 0.219 e. The van der Waals surface area contributed by atoms with E-state index >= 15 is 0 Å². The Labute approximate surface area is 107 Å². The van der Waals surface area contributed by atoms with Crippen LogP contribution in [0, 0.1) is 0 Å². The van der Waals surface area contributed by atoms with Crippen molar-refractivity contribution < 1.29 is 14.3 Å². The van der Waals surface area contributed by atoms with Gasteiger partial charge in [-0.1, -0.05) is 0 Å². The number of hydrogen-bond acceptors (Lipinski definition) is 4. The Bertz CT molecular complexity index is 394. The van der Waals surface area contributed by atoms with Gasteiger partial charge in [0.25, 0.3) is 0 Å². The van der Waals surface area contributed by atoms with Crippen LogP contribution in [-0.4, -0.2) is 26.7 Å². The molecule has 0 saturated heterocycles. The molecule has 1 aromatic carbocycles. The molecule has 1 rings (SSSR count). The van der Waals surface area contributed by atoms with Gasteiger partial charge in [-0.3, -0.25) is 4.79 Å². The number of carbonyl (C=O) groups is 1. The molecule has 0 bridgehead atoms. The van der Waals surface area contributed by atoms with E-state index in [0.717, 1.165) is 17.1 Å². The summed E-state index contributed by atoms with van der Waals surface area (Å²) in [6, 6.07) is 5.52. The molecule has 0 atom stereocenters. The average Bonchev–Trinajstić information content (AvgIpc) is 2.43. The monoisotopic (exact) mass is 252 g/mol. The summed E-state index contributed by atoms with van der Waals surface area (Å²) in [6.45, 7) is 0.884. The van der Waals surface area contributed by atoms with E-state index in [1.54, 1.807) is 14.2 Å². The molecule has 3 N–H and O–H groups in total. The summed E-state index contributed by atoms with van der Waals surface area (Å²) in [4.78, 5) is 11.0. The minimum Gasteiger partial charge on any atom is -0.497 e. The quantitative estimate of drug-likeness (QED) is 0.712. The lowest BCUT2D eigenvalue weighted by Crippen LogP contribution is -2.18. The van der Waals surface area contributed by atoms with E-state index in [-0.39, 0.29) is 5.91 Å². The van der Waals surface area contributed by atoms with Gasteiger partial charge in [-0.15, -0.1) is 0 Å². The molecule has 18 heavy (non-hydrogen) atoms. The highest BCUT2D eigenvalue weighted by Gasteiger charge is 2.05. The highest BCUT2D eigenvalue weighted by molar-refractivity contribution is 5.75. The largest absolute Gasteiger partial charge is 0.497 e. The average molecular weight is 252 g/mol. The number of amides is 1. The zero-order chi connectivity index (χ0) is 13.4. The maximum absolute atomic E-state index is 11.0. The van der Waals surface area contributed by atoms with E-state index in [1.165, 1.54) is 0 Å². The number of methoxy groups -OCH3 is 1. The van der Waals surface area contributed by atoms with Crippen molar-refractivity contribution in [3.63, 3.8) is 0 Å². The number of ether oxygens (including phenoxy) is 2. The van der Waals surface area contributed by atoms with Crippen molar-refractivity contribution in [2.24, 2.45) is 5.73 Å². The van der Waals surface area contributed by atoms with Gasteiger partial charge >= 0.3 is 0 Å². The molecule has 0 aliphatic rings.